The number of aliphatic hydroxyl groups is 3. The molecule has 0 amide bonds. The van der Waals surface area contributed by atoms with E-state index in [1.165, 1.54) is 67.6 Å². The third kappa shape index (κ3) is 25.5. The van der Waals surface area contributed by atoms with Gasteiger partial charge in [0.25, 0.3) is 0 Å². The van der Waals surface area contributed by atoms with Crippen molar-refractivity contribution >= 4 is 19.8 Å². The Hall–Kier alpha value is -2.35. The zero-order chi connectivity index (χ0) is 47.4. The smallest absolute Gasteiger partial charge is 0.466 e. The molecule has 1 unspecified atom stereocenters. The molecule has 13 nitrogen and oxygen atoms in total. The van der Waals surface area contributed by atoms with Crippen molar-refractivity contribution in [3.63, 3.8) is 0 Å². The Bertz CT molecular complexity index is 1540. The highest BCUT2D eigenvalue weighted by molar-refractivity contribution is 7.47. The number of carbonyl (C=O) groups excluding carboxylic acids is 2. The lowest BCUT2D eigenvalue weighted by Gasteiger charge is -2.24. The molecule has 7 atom stereocenters. The van der Waals surface area contributed by atoms with Gasteiger partial charge in [-0.2, -0.15) is 0 Å². The van der Waals surface area contributed by atoms with Crippen LogP contribution < -0.4 is 0 Å². The van der Waals surface area contributed by atoms with Crippen LogP contribution in [0.2, 0.25) is 0 Å². The lowest BCUT2D eigenvalue weighted by atomic mass is 9.89. The maximum Gasteiger partial charge on any atom is 0.472 e. The van der Waals surface area contributed by atoms with Crippen molar-refractivity contribution in [1.29, 1.82) is 0 Å². The predicted octanol–water partition coefficient (Wildman–Crippen LogP) is 9.95. The molecule has 1 aliphatic carbocycles. The monoisotopic (exact) mass is 927 g/mol. The number of ether oxygens (including phenoxy) is 2. The van der Waals surface area contributed by atoms with Gasteiger partial charge in [0.05, 0.1) is 52.5 Å². The minimum absolute atomic E-state index is 0.0239. The molecule has 0 aliphatic heterocycles. The molecule has 0 saturated heterocycles. The molecule has 1 saturated carbocycles. The predicted molar refractivity (Wildman–Crippen MR) is 253 cm³/mol. The highest BCUT2D eigenvalue weighted by Crippen LogP contribution is 2.43. The van der Waals surface area contributed by atoms with Crippen molar-refractivity contribution < 1.29 is 61.8 Å². The number of carbonyl (C=O) groups is 2. The maximum atomic E-state index is 12.8. The number of unbranched alkanes of at least 4 members (excludes halogenated alkanes) is 13. The van der Waals surface area contributed by atoms with Gasteiger partial charge >= 0.3 is 19.8 Å². The Kier molecular flexibility index (Phi) is 29.2. The quantitative estimate of drug-likeness (QED) is 0.0163. The molecule has 14 heteroatoms. The summed E-state index contributed by atoms with van der Waals surface area (Å²) in [6, 6.07) is 0. The van der Waals surface area contributed by atoms with E-state index in [2.05, 4.69) is 27.7 Å². The summed E-state index contributed by atoms with van der Waals surface area (Å²) in [5.41, 5.74) is 2.66. The number of likely N-dealkylation sites (N-methyl/N-ethyl adjacent to an activating group) is 1. The van der Waals surface area contributed by atoms with Crippen molar-refractivity contribution in [3.05, 3.63) is 47.0 Å². The van der Waals surface area contributed by atoms with Crippen LogP contribution in [0.4, 0.5) is 0 Å². The summed E-state index contributed by atoms with van der Waals surface area (Å²) < 4.78 is 40.6. The van der Waals surface area contributed by atoms with Crippen LogP contribution in [-0.4, -0.2) is 109 Å². The first-order valence-corrected chi connectivity index (χ1v) is 26.2. The van der Waals surface area contributed by atoms with Crippen LogP contribution in [0.1, 0.15) is 171 Å². The number of nitrogens with zero attached hydrogens (tertiary/aromatic N) is 1. The van der Waals surface area contributed by atoms with Gasteiger partial charge in [-0.1, -0.05) is 122 Å². The fourth-order valence-corrected chi connectivity index (χ4v) is 8.79. The van der Waals surface area contributed by atoms with Crippen molar-refractivity contribution in [2.24, 2.45) is 11.8 Å². The SMILES string of the molecule is CCCCCc1oc(CCCCCCCCCCCCC(=O)O[C@H](COC(=O)C/C=C\C[C@H]2[C@@H](/C=C/[C@H](O)CCCCC)[C@H](O)C[C@@H]2O)COP(=O)(O)OCC[N+](C)(C)C)c(C)c1C. The number of quaternary nitrogens is 1. The average Bonchev–Trinajstić information content (AvgIpc) is 3.66. The summed E-state index contributed by atoms with van der Waals surface area (Å²) in [5.74, 6) is 0.632. The van der Waals surface area contributed by atoms with Crippen LogP contribution in [0.3, 0.4) is 0 Å². The van der Waals surface area contributed by atoms with Crippen LogP contribution in [0.25, 0.3) is 0 Å². The van der Waals surface area contributed by atoms with Crippen molar-refractivity contribution in [2.45, 2.75) is 200 Å². The van der Waals surface area contributed by atoms with E-state index in [4.69, 9.17) is 22.9 Å². The molecule has 370 valence electrons. The van der Waals surface area contributed by atoms with Gasteiger partial charge in [-0.05, 0) is 63.0 Å². The molecule has 1 aliphatic rings. The molecular formula is C50H89NO12P+. The van der Waals surface area contributed by atoms with Crippen LogP contribution in [0.15, 0.2) is 28.7 Å². The Morgan fingerprint density at radius 1 is 0.781 bits per heavy atom. The second kappa shape index (κ2) is 32.4. The fraction of sp³-hybridized carbons (Fsp3) is 0.800. The fourth-order valence-electron chi connectivity index (χ4n) is 8.05. The molecule has 1 heterocycles. The molecule has 0 spiro atoms. The number of hydrogen-bond donors (Lipinski definition) is 4. The first-order chi connectivity index (χ1) is 30.5. The summed E-state index contributed by atoms with van der Waals surface area (Å²) in [6.07, 6.45) is 24.6. The van der Waals surface area contributed by atoms with Crippen molar-refractivity contribution in [3.8, 4) is 0 Å². The summed E-state index contributed by atoms with van der Waals surface area (Å²) in [5, 5.41) is 31.5. The minimum atomic E-state index is -4.47. The molecule has 1 fully saturated rings. The molecular weight excluding hydrogens is 838 g/mol. The summed E-state index contributed by atoms with van der Waals surface area (Å²) in [4.78, 5) is 35.8. The van der Waals surface area contributed by atoms with E-state index in [9.17, 15) is 34.4 Å². The van der Waals surface area contributed by atoms with E-state index < -0.39 is 50.8 Å². The van der Waals surface area contributed by atoms with Crippen LogP contribution in [-0.2, 0) is 45.5 Å². The third-order valence-corrected chi connectivity index (χ3v) is 13.3. The number of furan rings is 1. The van der Waals surface area contributed by atoms with E-state index in [0.29, 0.717) is 30.3 Å². The topological polar surface area (TPSA) is 182 Å². The maximum absolute atomic E-state index is 12.8. The van der Waals surface area contributed by atoms with E-state index in [0.717, 1.165) is 64.2 Å². The number of phosphoric ester groups is 1. The van der Waals surface area contributed by atoms with Crippen LogP contribution in [0, 0.1) is 25.7 Å². The molecule has 1 aromatic rings. The summed E-state index contributed by atoms with van der Waals surface area (Å²) in [6.45, 7) is 8.27. The average molecular weight is 927 g/mol. The normalized spacial score (nSPS) is 20.0. The molecule has 0 aromatic carbocycles. The van der Waals surface area contributed by atoms with Gasteiger partial charge < -0.3 is 38.6 Å². The highest BCUT2D eigenvalue weighted by Gasteiger charge is 2.39. The third-order valence-electron chi connectivity index (χ3n) is 12.3. The molecule has 4 N–H and O–H groups in total. The first-order valence-electron chi connectivity index (χ1n) is 24.7. The Labute approximate surface area is 386 Å². The Morgan fingerprint density at radius 3 is 1.97 bits per heavy atom. The van der Waals surface area contributed by atoms with Gasteiger partial charge in [-0.15, -0.1) is 0 Å². The van der Waals surface area contributed by atoms with Gasteiger partial charge in [-0.25, -0.2) is 4.57 Å². The van der Waals surface area contributed by atoms with Crippen LogP contribution >= 0.6 is 7.82 Å². The van der Waals surface area contributed by atoms with E-state index in [1.807, 2.05) is 21.1 Å². The van der Waals surface area contributed by atoms with Gasteiger partial charge in [0.15, 0.2) is 6.10 Å². The minimum Gasteiger partial charge on any atom is -0.466 e. The van der Waals surface area contributed by atoms with Gasteiger partial charge in [0, 0.05) is 31.6 Å². The second-order valence-corrected chi connectivity index (χ2v) is 20.5. The van der Waals surface area contributed by atoms with Gasteiger partial charge in [0.1, 0.15) is 31.3 Å². The molecule has 64 heavy (non-hydrogen) atoms. The first kappa shape index (κ1) is 57.8. The number of hydrogen-bond acceptors (Lipinski definition) is 11. The number of aryl methyl sites for hydroxylation is 2. The van der Waals surface area contributed by atoms with Gasteiger partial charge in [0.2, 0.25) is 0 Å². The molecule has 2 rings (SSSR count). The largest absolute Gasteiger partial charge is 0.472 e. The zero-order valence-electron chi connectivity index (χ0n) is 40.8. The van der Waals surface area contributed by atoms with E-state index >= 15 is 0 Å². The van der Waals surface area contributed by atoms with E-state index in [-0.39, 0.29) is 44.3 Å². The Balaban J connectivity index is 1.74. The molecule has 1 aromatic heterocycles. The number of rotatable bonds is 37. The number of esters is 2. The van der Waals surface area contributed by atoms with E-state index in [1.54, 1.807) is 24.3 Å². The lowest BCUT2D eigenvalue weighted by Crippen LogP contribution is -2.37. The number of allylic oxidation sites excluding steroid dienone is 1. The van der Waals surface area contributed by atoms with Crippen LogP contribution in [0.5, 0.6) is 0 Å². The van der Waals surface area contributed by atoms with Gasteiger partial charge in [-0.3, -0.25) is 18.6 Å². The lowest BCUT2D eigenvalue weighted by molar-refractivity contribution is -0.870. The second-order valence-electron chi connectivity index (χ2n) is 19.1. The number of aliphatic hydroxyl groups excluding tert-OH is 3. The molecule has 0 radical (unpaired) electrons. The highest BCUT2D eigenvalue weighted by atomic mass is 31.2. The molecule has 0 bridgehead atoms. The summed E-state index contributed by atoms with van der Waals surface area (Å²) >= 11 is 0. The standard InChI is InChI=1S/C50H88NO12P/c1-8-10-20-26-41(52)32-33-44-43(45(53)36-46(44)54)27-24-25-30-49(55)59-37-42(38-61-64(57,58)60-35-34-51(5,6)7)62-50(56)31-23-19-17-15-13-12-14-16-18-22-29-48-40(4)39(3)47(63-48)28-21-11-9-2/h24-25,32-33,41-46,52-54H,8-23,26-31,34-38H2,1-7H3/p+1/b25-24-,33-32+/t41-,42-,43+,44-,45+,46-/m1/s1. The zero-order valence-corrected chi connectivity index (χ0v) is 41.7. The van der Waals surface area contributed by atoms with Crippen molar-refractivity contribution in [2.75, 3.05) is 47.5 Å². The summed E-state index contributed by atoms with van der Waals surface area (Å²) in [7, 11) is 1.29. The van der Waals surface area contributed by atoms with Crippen molar-refractivity contribution in [1.82, 2.24) is 0 Å². The Morgan fingerprint density at radius 2 is 1.36 bits per heavy atom. The number of phosphoric acid groups is 1.